The standard InChI is InChI=1S/C27H38F2N7O4P/c1-2-3-4-5-6-7-8-10-22(11-9-12-30)13-23-14-24(26(29)15-25(23)28)27(40-41(37,38)39,16-35-20-31-18-33-35)17-36-21-32-19-34-36/h14-15,18-22H,2-11,13,16-17H2,1H3,(H2,37,38,39). The van der Waals surface area contributed by atoms with Crippen LogP contribution in [0.5, 0.6) is 0 Å². The van der Waals surface area contributed by atoms with Crippen molar-refractivity contribution in [2.45, 2.75) is 96.2 Å². The second kappa shape index (κ2) is 15.8. The topological polar surface area (TPSA) is 152 Å². The predicted octanol–water partition coefficient (Wildman–Crippen LogP) is 5.46. The molecule has 11 nitrogen and oxygen atoms in total. The van der Waals surface area contributed by atoms with Crippen molar-refractivity contribution in [1.82, 2.24) is 29.5 Å². The Hall–Kier alpha value is -3.04. The van der Waals surface area contributed by atoms with Gasteiger partial charge in [-0.25, -0.2) is 32.7 Å². The average Bonchev–Trinajstić information content (AvgIpc) is 3.61. The third-order valence-corrected chi connectivity index (χ3v) is 7.66. The van der Waals surface area contributed by atoms with Crippen LogP contribution in [0.25, 0.3) is 0 Å². The van der Waals surface area contributed by atoms with Gasteiger partial charge in [-0.15, -0.1) is 0 Å². The lowest BCUT2D eigenvalue weighted by Crippen LogP contribution is -2.40. The molecule has 0 aliphatic heterocycles. The highest BCUT2D eigenvalue weighted by Crippen LogP contribution is 2.48. The highest BCUT2D eigenvalue weighted by molar-refractivity contribution is 7.46. The van der Waals surface area contributed by atoms with Crippen LogP contribution in [0.4, 0.5) is 8.78 Å². The van der Waals surface area contributed by atoms with Gasteiger partial charge in [0.1, 0.15) is 42.5 Å². The summed E-state index contributed by atoms with van der Waals surface area (Å²) in [5.74, 6) is -1.85. The van der Waals surface area contributed by atoms with Gasteiger partial charge in [-0.05, 0) is 30.4 Å². The molecule has 3 rings (SSSR count). The third kappa shape index (κ3) is 10.4. The average molecular weight is 594 g/mol. The van der Waals surface area contributed by atoms with Crippen LogP contribution in [0.15, 0.2) is 37.4 Å². The fraction of sp³-hybridized carbons (Fsp3) is 0.593. The van der Waals surface area contributed by atoms with Gasteiger partial charge in [0.15, 0.2) is 0 Å². The molecule has 0 bridgehead atoms. The van der Waals surface area contributed by atoms with Gasteiger partial charge >= 0.3 is 7.82 Å². The lowest BCUT2D eigenvalue weighted by atomic mass is 9.86. The van der Waals surface area contributed by atoms with Gasteiger partial charge in [-0.2, -0.15) is 15.5 Å². The van der Waals surface area contributed by atoms with E-state index in [0.717, 1.165) is 25.7 Å². The Kier molecular flexibility index (Phi) is 12.5. The molecule has 0 amide bonds. The number of phosphoric ester groups is 1. The maximum atomic E-state index is 15.6. The first-order valence-electron chi connectivity index (χ1n) is 13.9. The Balaban J connectivity index is 1.94. The first-order valence-corrected chi connectivity index (χ1v) is 15.4. The SMILES string of the molecule is CCCCCCCCCC(CCC#N)Cc1cc(C(Cn2cncn2)(Cn2cncn2)OP(=O)(O)O)c(F)cc1F. The molecule has 0 aliphatic rings. The van der Waals surface area contributed by atoms with Gasteiger partial charge in [0.25, 0.3) is 0 Å². The zero-order chi connectivity index (χ0) is 29.7. The van der Waals surface area contributed by atoms with Crippen molar-refractivity contribution in [2.24, 2.45) is 5.92 Å². The van der Waals surface area contributed by atoms with Crippen LogP contribution in [0.3, 0.4) is 0 Å². The third-order valence-electron chi connectivity index (χ3n) is 7.08. The summed E-state index contributed by atoms with van der Waals surface area (Å²) in [6, 6.07) is 4.12. The normalized spacial score (nSPS) is 12.9. The maximum Gasteiger partial charge on any atom is 0.470 e. The van der Waals surface area contributed by atoms with Crippen LogP contribution in [-0.2, 0) is 34.2 Å². The van der Waals surface area contributed by atoms with Crippen molar-refractivity contribution < 1.29 is 27.7 Å². The molecule has 1 aromatic carbocycles. The first-order chi connectivity index (χ1) is 19.7. The summed E-state index contributed by atoms with van der Waals surface area (Å²) in [6.07, 6.45) is 14.8. The van der Waals surface area contributed by atoms with E-state index >= 15 is 8.78 Å². The van der Waals surface area contributed by atoms with Crippen LogP contribution in [-0.4, -0.2) is 39.3 Å². The molecule has 2 heterocycles. The summed E-state index contributed by atoms with van der Waals surface area (Å²) in [5, 5.41) is 17.2. The number of hydrogen-bond donors (Lipinski definition) is 2. The summed E-state index contributed by atoms with van der Waals surface area (Å²) in [7, 11) is -5.23. The van der Waals surface area contributed by atoms with Gasteiger partial charge in [0.2, 0.25) is 0 Å². The van der Waals surface area contributed by atoms with Gasteiger partial charge in [0.05, 0.1) is 19.2 Å². The Labute approximate surface area is 238 Å². The van der Waals surface area contributed by atoms with Gasteiger partial charge in [0, 0.05) is 18.1 Å². The molecule has 2 N–H and O–H groups in total. The highest BCUT2D eigenvalue weighted by atomic mass is 31.2. The molecule has 3 aromatic rings. The smallest absolute Gasteiger partial charge is 0.303 e. The number of rotatable bonds is 19. The fourth-order valence-electron chi connectivity index (χ4n) is 5.12. The quantitative estimate of drug-likeness (QED) is 0.136. The minimum atomic E-state index is -5.23. The number of nitriles is 1. The predicted molar refractivity (Wildman–Crippen MR) is 146 cm³/mol. The Morgan fingerprint density at radius 2 is 1.59 bits per heavy atom. The number of halogens is 2. The Morgan fingerprint density at radius 3 is 2.12 bits per heavy atom. The van der Waals surface area contributed by atoms with Gasteiger partial charge < -0.3 is 9.79 Å². The molecule has 0 saturated heterocycles. The van der Waals surface area contributed by atoms with Crippen molar-refractivity contribution in [1.29, 1.82) is 5.26 Å². The van der Waals surface area contributed by atoms with Crippen LogP contribution >= 0.6 is 7.82 Å². The molecule has 41 heavy (non-hydrogen) atoms. The van der Waals surface area contributed by atoms with E-state index in [1.165, 1.54) is 66.4 Å². The molecule has 224 valence electrons. The molecular weight excluding hydrogens is 555 g/mol. The Morgan fingerprint density at radius 1 is 0.976 bits per heavy atom. The van der Waals surface area contributed by atoms with Crippen LogP contribution in [0.1, 0.15) is 82.3 Å². The summed E-state index contributed by atoms with van der Waals surface area (Å²) in [6.45, 7) is 1.44. The molecule has 0 spiro atoms. The summed E-state index contributed by atoms with van der Waals surface area (Å²) in [5.41, 5.74) is -2.16. The highest BCUT2D eigenvalue weighted by Gasteiger charge is 2.44. The van der Waals surface area contributed by atoms with Crippen molar-refractivity contribution >= 4 is 7.82 Å². The van der Waals surface area contributed by atoms with E-state index in [1.807, 2.05) is 0 Å². The number of nitrogens with zero attached hydrogens (tertiary/aromatic N) is 7. The van der Waals surface area contributed by atoms with Crippen molar-refractivity contribution in [3.05, 3.63) is 60.2 Å². The Bertz CT molecular complexity index is 1240. The molecule has 2 aromatic heterocycles. The van der Waals surface area contributed by atoms with Crippen molar-refractivity contribution in [3.8, 4) is 6.07 Å². The van der Waals surface area contributed by atoms with Gasteiger partial charge in [-0.1, -0.05) is 58.3 Å². The molecular formula is C27H38F2N7O4P. The summed E-state index contributed by atoms with van der Waals surface area (Å²) < 4.78 is 50.8. The minimum absolute atomic E-state index is 0.0270. The van der Waals surface area contributed by atoms with E-state index in [-0.39, 0.29) is 36.6 Å². The van der Waals surface area contributed by atoms with Crippen molar-refractivity contribution in [2.75, 3.05) is 0 Å². The lowest BCUT2D eigenvalue weighted by Gasteiger charge is -2.34. The van der Waals surface area contributed by atoms with E-state index in [9.17, 15) is 19.6 Å². The van der Waals surface area contributed by atoms with E-state index < -0.39 is 25.1 Å². The zero-order valence-corrected chi connectivity index (χ0v) is 24.2. The fourth-order valence-corrected chi connectivity index (χ4v) is 5.79. The molecule has 1 atom stereocenters. The summed E-state index contributed by atoms with van der Waals surface area (Å²) in [4.78, 5) is 27.5. The van der Waals surface area contributed by atoms with Crippen LogP contribution in [0.2, 0.25) is 0 Å². The lowest BCUT2D eigenvalue weighted by molar-refractivity contribution is -0.00834. The summed E-state index contributed by atoms with van der Waals surface area (Å²) >= 11 is 0. The van der Waals surface area contributed by atoms with E-state index in [1.54, 1.807) is 0 Å². The van der Waals surface area contributed by atoms with Crippen molar-refractivity contribution in [3.63, 3.8) is 0 Å². The van der Waals surface area contributed by atoms with Crippen LogP contribution in [0, 0.1) is 28.9 Å². The van der Waals surface area contributed by atoms with E-state index in [0.29, 0.717) is 18.9 Å². The first kappa shape index (κ1) is 32.5. The zero-order valence-electron chi connectivity index (χ0n) is 23.3. The second-order valence-corrected chi connectivity index (χ2v) is 11.5. The number of unbranched alkanes of at least 4 members (excludes halogenated alkanes) is 6. The van der Waals surface area contributed by atoms with Crippen LogP contribution < -0.4 is 0 Å². The largest absolute Gasteiger partial charge is 0.470 e. The molecule has 0 saturated carbocycles. The molecule has 0 fully saturated rings. The maximum absolute atomic E-state index is 15.6. The molecule has 0 aliphatic carbocycles. The number of hydrogen-bond acceptors (Lipinski definition) is 7. The number of aromatic nitrogens is 6. The van der Waals surface area contributed by atoms with E-state index in [2.05, 4.69) is 33.2 Å². The van der Waals surface area contributed by atoms with E-state index in [4.69, 9.17) is 4.52 Å². The molecule has 0 radical (unpaired) electrons. The monoisotopic (exact) mass is 593 g/mol. The number of phosphoric acid groups is 1. The second-order valence-electron chi connectivity index (χ2n) is 10.4. The molecule has 1 unspecified atom stereocenters. The molecule has 14 heteroatoms. The number of benzene rings is 1. The van der Waals surface area contributed by atoms with Gasteiger partial charge in [-0.3, -0.25) is 4.52 Å². The minimum Gasteiger partial charge on any atom is -0.303 e.